The number of benzene rings is 1. The van der Waals surface area contributed by atoms with Crippen molar-refractivity contribution in [2.45, 2.75) is 6.92 Å². The zero-order valence-electron chi connectivity index (χ0n) is 11.7. The molecule has 1 aliphatic rings. The minimum absolute atomic E-state index is 0.134. The molecule has 0 radical (unpaired) electrons. The number of nitrogens with zero attached hydrogens (tertiary/aromatic N) is 4. The normalized spacial score (nSPS) is 15.2. The van der Waals surface area contributed by atoms with Crippen molar-refractivity contribution in [3.63, 3.8) is 0 Å². The molecule has 1 heterocycles. The summed E-state index contributed by atoms with van der Waals surface area (Å²) in [7, 11) is 0. The second-order valence-corrected chi connectivity index (χ2v) is 4.79. The van der Waals surface area contributed by atoms with Crippen molar-refractivity contribution in [3.8, 4) is 12.1 Å². The molecule has 20 heavy (non-hydrogen) atoms. The van der Waals surface area contributed by atoms with Crippen molar-refractivity contribution in [2.75, 3.05) is 37.6 Å². The predicted molar refractivity (Wildman–Crippen MR) is 80.0 cm³/mol. The number of piperazine rings is 1. The van der Waals surface area contributed by atoms with Gasteiger partial charge in [0, 0.05) is 31.9 Å². The lowest BCUT2D eigenvalue weighted by Crippen LogP contribution is -2.46. The average Bonchev–Trinajstić information content (AvgIpc) is 2.53. The van der Waals surface area contributed by atoms with Crippen molar-refractivity contribution in [2.24, 2.45) is 0 Å². The monoisotopic (exact) mass is 266 g/mol. The van der Waals surface area contributed by atoms with Crippen LogP contribution in [0.5, 0.6) is 0 Å². The molecule has 0 spiro atoms. The molecule has 1 aromatic rings. The Bertz CT molecular complexity index is 536. The molecule has 1 saturated heterocycles. The van der Waals surface area contributed by atoms with Gasteiger partial charge in [-0.15, -0.1) is 0 Å². The van der Waals surface area contributed by atoms with Crippen molar-refractivity contribution < 1.29 is 0 Å². The molecule has 102 valence electrons. The maximum absolute atomic E-state index is 8.74. The number of allylic oxidation sites excluding steroid dienone is 1. The summed E-state index contributed by atoms with van der Waals surface area (Å²) in [4.78, 5) is 4.81. The fourth-order valence-electron chi connectivity index (χ4n) is 2.36. The Morgan fingerprint density at radius 3 is 2.20 bits per heavy atom. The molecule has 0 unspecified atom stereocenters. The number of hydrogen-bond donors (Lipinski definition) is 0. The topological polar surface area (TPSA) is 54.1 Å². The standard InChI is InChI=1S/C16H18N4/c1-2-19-7-9-20(10-8-19)16-5-3-14(4-6-16)11-15(12-17)13-18/h3-6,11H,2,7-10H2,1H3. The van der Waals surface area contributed by atoms with E-state index < -0.39 is 0 Å². The zero-order valence-corrected chi connectivity index (χ0v) is 11.7. The van der Waals surface area contributed by atoms with Gasteiger partial charge in [0.1, 0.15) is 17.7 Å². The van der Waals surface area contributed by atoms with Crippen LogP contribution in [-0.4, -0.2) is 37.6 Å². The first-order valence-corrected chi connectivity index (χ1v) is 6.86. The lowest BCUT2D eigenvalue weighted by atomic mass is 10.1. The first-order chi connectivity index (χ1) is 9.76. The number of anilines is 1. The van der Waals surface area contributed by atoms with E-state index in [1.54, 1.807) is 6.08 Å². The van der Waals surface area contributed by atoms with Gasteiger partial charge < -0.3 is 9.80 Å². The van der Waals surface area contributed by atoms with Crippen LogP contribution in [0.25, 0.3) is 6.08 Å². The highest BCUT2D eigenvalue weighted by Crippen LogP contribution is 2.18. The van der Waals surface area contributed by atoms with Gasteiger partial charge in [0.05, 0.1) is 0 Å². The summed E-state index contributed by atoms with van der Waals surface area (Å²) in [6.07, 6.45) is 1.61. The molecule has 0 saturated carbocycles. The van der Waals surface area contributed by atoms with Gasteiger partial charge in [0.25, 0.3) is 0 Å². The highest BCUT2D eigenvalue weighted by atomic mass is 15.3. The summed E-state index contributed by atoms with van der Waals surface area (Å²) in [6, 6.07) is 11.8. The van der Waals surface area contributed by atoms with E-state index in [4.69, 9.17) is 10.5 Å². The average molecular weight is 266 g/mol. The molecule has 0 amide bonds. The third-order valence-electron chi connectivity index (χ3n) is 3.63. The number of rotatable bonds is 3. The van der Waals surface area contributed by atoms with E-state index in [1.807, 2.05) is 24.3 Å². The zero-order chi connectivity index (χ0) is 14.4. The van der Waals surface area contributed by atoms with Crippen LogP contribution in [-0.2, 0) is 0 Å². The van der Waals surface area contributed by atoms with Gasteiger partial charge in [-0.1, -0.05) is 19.1 Å². The summed E-state index contributed by atoms with van der Waals surface area (Å²) in [6.45, 7) is 7.60. The van der Waals surface area contributed by atoms with Gasteiger partial charge in [-0.05, 0) is 30.3 Å². The van der Waals surface area contributed by atoms with Crippen LogP contribution in [0, 0.1) is 22.7 Å². The summed E-state index contributed by atoms with van der Waals surface area (Å²) >= 11 is 0. The summed E-state index contributed by atoms with van der Waals surface area (Å²) < 4.78 is 0. The third-order valence-corrected chi connectivity index (χ3v) is 3.63. The first kappa shape index (κ1) is 14.1. The highest BCUT2D eigenvalue weighted by molar-refractivity contribution is 5.64. The SMILES string of the molecule is CCN1CCN(c2ccc(C=C(C#N)C#N)cc2)CC1. The molecule has 4 nitrogen and oxygen atoms in total. The summed E-state index contributed by atoms with van der Waals surface area (Å²) in [5, 5.41) is 17.5. The molecule has 4 heteroatoms. The third kappa shape index (κ3) is 3.38. The molecule has 1 aliphatic heterocycles. The molecule has 1 fully saturated rings. The van der Waals surface area contributed by atoms with Crippen LogP contribution in [0.15, 0.2) is 29.8 Å². The molecule has 0 atom stereocenters. The number of nitriles is 2. The Kier molecular flexibility index (Phi) is 4.76. The van der Waals surface area contributed by atoms with Gasteiger partial charge in [-0.3, -0.25) is 0 Å². The lowest BCUT2D eigenvalue weighted by Gasteiger charge is -2.35. The smallest absolute Gasteiger partial charge is 0.130 e. The molecule has 1 aromatic carbocycles. The molecule has 0 N–H and O–H groups in total. The predicted octanol–water partition coefficient (Wildman–Crippen LogP) is 2.26. The number of likely N-dealkylation sites (N-methyl/N-ethyl adjacent to an activating group) is 1. The van der Waals surface area contributed by atoms with Crippen LogP contribution >= 0.6 is 0 Å². The number of hydrogen-bond acceptors (Lipinski definition) is 4. The van der Waals surface area contributed by atoms with Crippen molar-refractivity contribution >= 4 is 11.8 Å². The van der Waals surface area contributed by atoms with Crippen LogP contribution in [0.3, 0.4) is 0 Å². The Morgan fingerprint density at radius 1 is 1.10 bits per heavy atom. The Labute approximate surface area is 120 Å². The second-order valence-electron chi connectivity index (χ2n) is 4.79. The lowest BCUT2D eigenvalue weighted by molar-refractivity contribution is 0.271. The van der Waals surface area contributed by atoms with Crippen LogP contribution in [0.1, 0.15) is 12.5 Å². The Morgan fingerprint density at radius 2 is 1.70 bits per heavy atom. The maximum Gasteiger partial charge on any atom is 0.130 e. The van der Waals surface area contributed by atoms with E-state index in [-0.39, 0.29) is 5.57 Å². The molecular weight excluding hydrogens is 248 g/mol. The van der Waals surface area contributed by atoms with Crippen molar-refractivity contribution in [1.82, 2.24) is 4.90 Å². The molecular formula is C16H18N4. The van der Waals surface area contributed by atoms with Gasteiger partial charge in [-0.2, -0.15) is 10.5 Å². The molecule has 0 aromatic heterocycles. The Hall–Kier alpha value is -2.30. The molecule has 0 bridgehead atoms. The largest absolute Gasteiger partial charge is 0.369 e. The molecule has 0 aliphatic carbocycles. The molecule has 2 rings (SSSR count). The van der Waals surface area contributed by atoms with Crippen LogP contribution in [0.4, 0.5) is 5.69 Å². The van der Waals surface area contributed by atoms with Gasteiger partial charge in [-0.25, -0.2) is 0 Å². The minimum Gasteiger partial charge on any atom is -0.369 e. The van der Waals surface area contributed by atoms with Crippen molar-refractivity contribution in [1.29, 1.82) is 10.5 Å². The Balaban J connectivity index is 2.05. The quantitative estimate of drug-likeness (QED) is 0.787. The van der Waals surface area contributed by atoms with E-state index >= 15 is 0 Å². The summed E-state index contributed by atoms with van der Waals surface area (Å²) in [5.41, 5.74) is 2.22. The van der Waals surface area contributed by atoms with E-state index in [9.17, 15) is 0 Å². The van der Waals surface area contributed by atoms with E-state index in [0.29, 0.717) is 0 Å². The van der Waals surface area contributed by atoms with Gasteiger partial charge in [0.2, 0.25) is 0 Å². The second kappa shape index (κ2) is 6.75. The minimum atomic E-state index is 0.134. The van der Waals surface area contributed by atoms with Gasteiger partial charge >= 0.3 is 0 Å². The highest BCUT2D eigenvalue weighted by Gasteiger charge is 2.15. The van der Waals surface area contributed by atoms with Gasteiger partial charge in [0.15, 0.2) is 0 Å². The van der Waals surface area contributed by atoms with Crippen LogP contribution in [0.2, 0.25) is 0 Å². The van der Waals surface area contributed by atoms with E-state index in [0.717, 1.165) is 38.3 Å². The fraction of sp³-hybridized carbons (Fsp3) is 0.375. The first-order valence-electron chi connectivity index (χ1n) is 6.86. The fourth-order valence-corrected chi connectivity index (χ4v) is 2.36. The van der Waals surface area contributed by atoms with Crippen molar-refractivity contribution in [3.05, 3.63) is 35.4 Å². The van der Waals surface area contributed by atoms with E-state index in [1.165, 1.54) is 5.69 Å². The summed E-state index contributed by atoms with van der Waals surface area (Å²) in [5.74, 6) is 0. The van der Waals surface area contributed by atoms with Crippen LogP contribution < -0.4 is 4.90 Å². The maximum atomic E-state index is 8.74. The van der Waals surface area contributed by atoms with E-state index in [2.05, 4.69) is 28.9 Å².